The predicted octanol–water partition coefficient (Wildman–Crippen LogP) is 2.66. The van der Waals surface area contributed by atoms with E-state index in [4.69, 9.17) is 20.3 Å². The fourth-order valence-electron chi connectivity index (χ4n) is 2.93. The zero-order chi connectivity index (χ0) is 19.6. The molecule has 140 valence electrons. The molecule has 7 nitrogen and oxygen atoms in total. The number of benzene rings is 2. The summed E-state index contributed by atoms with van der Waals surface area (Å²) in [5, 5.41) is 12.1. The number of carbonyl (C=O) groups excluding carboxylic acids is 1. The maximum absolute atomic E-state index is 11.7. The van der Waals surface area contributed by atoms with Crippen LogP contribution < -0.4 is 20.5 Å². The molecule has 0 aromatic heterocycles. The number of hydrogen-bond donors (Lipinski definition) is 3. The molecule has 1 atom stereocenters. The van der Waals surface area contributed by atoms with Gasteiger partial charge in [-0.25, -0.2) is 0 Å². The van der Waals surface area contributed by atoms with E-state index < -0.39 is 11.9 Å². The molecule has 2 aromatic rings. The van der Waals surface area contributed by atoms with Gasteiger partial charge in [0.15, 0.2) is 0 Å². The molecule has 2 aromatic carbocycles. The van der Waals surface area contributed by atoms with Gasteiger partial charge in [0.2, 0.25) is 0 Å². The number of hydrogen-bond acceptors (Lipinski definition) is 5. The van der Waals surface area contributed by atoms with Crippen LogP contribution in [0.5, 0.6) is 11.5 Å². The van der Waals surface area contributed by atoms with Crippen LogP contribution in [0.1, 0.15) is 28.4 Å². The van der Waals surface area contributed by atoms with Crippen LogP contribution in [-0.4, -0.2) is 30.1 Å². The van der Waals surface area contributed by atoms with E-state index in [9.17, 15) is 9.59 Å². The van der Waals surface area contributed by atoms with Gasteiger partial charge in [0.1, 0.15) is 17.3 Å². The molecule has 1 amide bonds. The lowest BCUT2D eigenvalue weighted by atomic mass is 10.00. The van der Waals surface area contributed by atoms with Crippen molar-refractivity contribution >= 4 is 23.3 Å². The van der Waals surface area contributed by atoms with Crippen LogP contribution in [-0.2, 0) is 11.2 Å². The lowest BCUT2D eigenvalue weighted by molar-refractivity contribution is -0.136. The highest BCUT2D eigenvalue weighted by atomic mass is 16.5. The highest BCUT2D eigenvalue weighted by Gasteiger charge is 2.22. The van der Waals surface area contributed by atoms with Crippen LogP contribution in [0.15, 0.2) is 42.5 Å². The van der Waals surface area contributed by atoms with Gasteiger partial charge in [-0.15, -0.1) is 0 Å². The summed E-state index contributed by atoms with van der Waals surface area (Å²) in [7, 11) is 1.48. The fourth-order valence-corrected chi connectivity index (χ4v) is 2.93. The number of anilines is 1. The minimum absolute atomic E-state index is 0.00270. The number of ether oxygens (including phenoxy) is 2. The fraction of sp³-hybridized carbons (Fsp3) is 0.200. The van der Waals surface area contributed by atoms with E-state index in [1.807, 2.05) is 13.0 Å². The molecule has 1 aliphatic heterocycles. The standard InChI is InChI=1S/C20H20N2O5/c1-11-7-18(27-13-5-3-12(4-6-13)8-19(23)24)14-9-15(20(21)25)17(26-2)10-16(14)22-11/h3-7,9-11,22H,8H2,1-2H3,(H2,21,25)(H,23,24). The van der Waals surface area contributed by atoms with Gasteiger partial charge >= 0.3 is 5.97 Å². The molecule has 0 aliphatic carbocycles. The van der Waals surface area contributed by atoms with Crippen LogP contribution in [0.4, 0.5) is 5.69 Å². The van der Waals surface area contributed by atoms with Crippen LogP contribution in [0.2, 0.25) is 0 Å². The van der Waals surface area contributed by atoms with Gasteiger partial charge in [-0.1, -0.05) is 12.1 Å². The van der Waals surface area contributed by atoms with Gasteiger partial charge in [-0.05, 0) is 36.8 Å². The van der Waals surface area contributed by atoms with Gasteiger partial charge in [0, 0.05) is 23.4 Å². The van der Waals surface area contributed by atoms with Crippen LogP contribution >= 0.6 is 0 Å². The van der Waals surface area contributed by atoms with E-state index in [1.165, 1.54) is 7.11 Å². The van der Waals surface area contributed by atoms with Gasteiger partial charge in [-0.2, -0.15) is 0 Å². The molecule has 0 spiro atoms. The third-order valence-corrected chi connectivity index (χ3v) is 4.16. The zero-order valence-electron chi connectivity index (χ0n) is 15.0. The maximum atomic E-state index is 11.7. The van der Waals surface area contributed by atoms with Crippen molar-refractivity contribution in [3.05, 3.63) is 59.2 Å². The summed E-state index contributed by atoms with van der Waals surface area (Å²) < 4.78 is 11.3. The van der Waals surface area contributed by atoms with Gasteiger partial charge in [0.05, 0.1) is 19.1 Å². The number of nitrogens with one attached hydrogen (secondary N) is 1. The van der Waals surface area contributed by atoms with E-state index in [0.29, 0.717) is 28.4 Å². The van der Waals surface area contributed by atoms with Gasteiger partial charge < -0.3 is 25.6 Å². The number of nitrogens with two attached hydrogens (primary N) is 1. The largest absolute Gasteiger partial charge is 0.496 e. The second-order valence-corrected chi connectivity index (χ2v) is 6.24. The number of aliphatic carboxylic acids is 1. The van der Waals surface area contributed by atoms with Crippen molar-refractivity contribution in [3.63, 3.8) is 0 Å². The summed E-state index contributed by atoms with van der Waals surface area (Å²) in [5.41, 5.74) is 7.86. The topological polar surface area (TPSA) is 111 Å². The SMILES string of the molecule is COc1cc2c(cc1C(N)=O)C(Oc1ccc(CC(=O)O)cc1)=CC(C)N2. The molecule has 0 fully saturated rings. The Labute approximate surface area is 156 Å². The van der Waals surface area contributed by atoms with Gasteiger partial charge in [0.25, 0.3) is 5.91 Å². The first-order chi connectivity index (χ1) is 12.9. The average molecular weight is 368 g/mol. The molecule has 7 heteroatoms. The number of carbonyl (C=O) groups is 2. The van der Waals surface area contributed by atoms with E-state index in [0.717, 1.165) is 5.69 Å². The molecule has 3 rings (SSSR count). The monoisotopic (exact) mass is 368 g/mol. The number of carboxylic acids is 1. The van der Waals surface area contributed by atoms with Crippen molar-refractivity contribution in [1.82, 2.24) is 0 Å². The molecule has 27 heavy (non-hydrogen) atoms. The number of amides is 1. The van der Waals surface area contributed by atoms with Gasteiger partial charge in [-0.3, -0.25) is 9.59 Å². The van der Waals surface area contributed by atoms with Crippen molar-refractivity contribution in [2.24, 2.45) is 5.73 Å². The van der Waals surface area contributed by atoms with Crippen LogP contribution in [0.3, 0.4) is 0 Å². The number of rotatable bonds is 6. The summed E-state index contributed by atoms with van der Waals surface area (Å²) in [4.78, 5) is 22.5. The zero-order valence-corrected chi connectivity index (χ0v) is 15.0. The van der Waals surface area contributed by atoms with Crippen molar-refractivity contribution < 1.29 is 24.2 Å². The molecule has 1 heterocycles. The number of methoxy groups -OCH3 is 1. The number of primary amides is 1. The van der Waals surface area contributed by atoms with Crippen molar-refractivity contribution in [3.8, 4) is 11.5 Å². The summed E-state index contributed by atoms with van der Waals surface area (Å²) in [6, 6.07) is 10.2. The average Bonchev–Trinajstić information content (AvgIpc) is 2.61. The highest BCUT2D eigenvalue weighted by molar-refractivity contribution is 5.98. The van der Waals surface area contributed by atoms with E-state index in [-0.39, 0.29) is 18.0 Å². The Morgan fingerprint density at radius 2 is 1.93 bits per heavy atom. The first-order valence-electron chi connectivity index (χ1n) is 8.36. The Morgan fingerprint density at radius 3 is 2.52 bits per heavy atom. The Balaban J connectivity index is 1.93. The molecular weight excluding hydrogens is 348 g/mol. The summed E-state index contributed by atoms with van der Waals surface area (Å²) in [6.45, 7) is 1.97. The summed E-state index contributed by atoms with van der Waals surface area (Å²) in [5.74, 6) is 0.0468. The molecule has 4 N–H and O–H groups in total. The van der Waals surface area contributed by atoms with Crippen molar-refractivity contribution in [2.75, 3.05) is 12.4 Å². The Hall–Kier alpha value is -3.48. The predicted molar refractivity (Wildman–Crippen MR) is 101 cm³/mol. The lowest BCUT2D eigenvalue weighted by Crippen LogP contribution is -2.21. The minimum atomic E-state index is -0.889. The van der Waals surface area contributed by atoms with E-state index in [2.05, 4.69) is 5.32 Å². The normalized spacial score (nSPS) is 15.2. The Bertz CT molecular complexity index is 919. The highest BCUT2D eigenvalue weighted by Crippen LogP contribution is 2.36. The smallest absolute Gasteiger partial charge is 0.307 e. The maximum Gasteiger partial charge on any atom is 0.307 e. The molecular formula is C20H20N2O5. The number of fused-ring (bicyclic) bond motifs is 1. The van der Waals surface area contributed by atoms with E-state index in [1.54, 1.807) is 36.4 Å². The molecule has 0 bridgehead atoms. The first kappa shape index (κ1) is 18.3. The second kappa shape index (κ2) is 7.41. The number of carboxylic acid groups (broad SMARTS) is 1. The molecule has 0 radical (unpaired) electrons. The Morgan fingerprint density at radius 1 is 1.22 bits per heavy atom. The van der Waals surface area contributed by atoms with E-state index >= 15 is 0 Å². The third kappa shape index (κ3) is 4.03. The molecule has 1 aliphatic rings. The van der Waals surface area contributed by atoms with Crippen molar-refractivity contribution in [1.29, 1.82) is 0 Å². The summed E-state index contributed by atoms with van der Waals surface area (Å²) in [6.07, 6.45) is 1.85. The second-order valence-electron chi connectivity index (χ2n) is 6.24. The Kier molecular flexibility index (Phi) is 5.03. The van der Waals surface area contributed by atoms with Crippen molar-refractivity contribution in [2.45, 2.75) is 19.4 Å². The minimum Gasteiger partial charge on any atom is -0.496 e. The summed E-state index contributed by atoms with van der Waals surface area (Å²) >= 11 is 0. The quantitative estimate of drug-likeness (QED) is 0.723. The molecule has 0 saturated carbocycles. The lowest BCUT2D eigenvalue weighted by Gasteiger charge is -2.25. The van der Waals surface area contributed by atoms with Crippen LogP contribution in [0.25, 0.3) is 5.76 Å². The molecule has 0 saturated heterocycles. The van der Waals surface area contributed by atoms with Crippen LogP contribution in [0, 0.1) is 0 Å². The first-order valence-corrected chi connectivity index (χ1v) is 8.36. The molecule has 1 unspecified atom stereocenters. The third-order valence-electron chi connectivity index (χ3n) is 4.16.